The standard InChI is InChI=1S/C15H18N4O2/c16-9-13(20)19-10-14(21)17-8-6-12-4-1-3-11-5-2-7-18-15(11)12/h1-5,7H,6,8-10,16H2,(H,17,21)(H,19,20). The zero-order valence-corrected chi connectivity index (χ0v) is 11.6. The third-order valence-corrected chi connectivity index (χ3v) is 3.06. The van der Waals surface area contributed by atoms with E-state index in [1.54, 1.807) is 6.20 Å². The van der Waals surface area contributed by atoms with Crippen molar-refractivity contribution in [3.63, 3.8) is 0 Å². The van der Waals surface area contributed by atoms with Gasteiger partial charge in [0.15, 0.2) is 0 Å². The largest absolute Gasteiger partial charge is 0.354 e. The minimum Gasteiger partial charge on any atom is -0.354 e. The molecule has 0 unspecified atom stereocenters. The summed E-state index contributed by atoms with van der Waals surface area (Å²) in [6.07, 6.45) is 2.44. The van der Waals surface area contributed by atoms with E-state index in [4.69, 9.17) is 5.73 Å². The Balaban J connectivity index is 1.85. The Morgan fingerprint density at radius 2 is 1.90 bits per heavy atom. The molecule has 0 atom stereocenters. The summed E-state index contributed by atoms with van der Waals surface area (Å²) in [6.45, 7) is 0.325. The summed E-state index contributed by atoms with van der Waals surface area (Å²) in [5, 5.41) is 6.26. The van der Waals surface area contributed by atoms with Gasteiger partial charge in [-0.3, -0.25) is 14.6 Å². The minimum atomic E-state index is -0.344. The van der Waals surface area contributed by atoms with E-state index in [2.05, 4.69) is 15.6 Å². The summed E-state index contributed by atoms with van der Waals surface area (Å²) in [5.74, 6) is -0.576. The molecule has 0 aliphatic rings. The highest BCUT2D eigenvalue weighted by molar-refractivity contribution is 5.85. The molecule has 2 amide bonds. The first-order valence-corrected chi connectivity index (χ1v) is 6.77. The van der Waals surface area contributed by atoms with E-state index < -0.39 is 0 Å². The van der Waals surface area contributed by atoms with Crippen LogP contribution in [0.3, 0.4) is 0 Å². The Bertz CT molecular complexity index is 637. The lowest BCUT2D eigenvalue weighted by atomic mass is 10.1. The maximum Gasteiger partial charge on any atom is 0.239 e. The highest BCUT2D eigenvalue weighted by Gasteiger charge is 2.05. The molecule has 6 heteroatoms. The summed E-state index contributed by atoms with van der Waals surface area (Å²) in [4.78, 5) is 26.8. The minimum absolute atomic E-state index is 0.0518. The van der Waals surface area contributed by atoms with Crippen molar-refractivity contribution < 1.29 is 9.59 Å². The summed E-state index contributed by atoms with van der Waals surface area (Å²) in [7, 11) is 0. The van der Waals surface area contributed by atoms with Gasteiger partial charge >= 0.3 is 0 Å². The molecule has 0 fully saturated rings. The number of carbonyl (C=O) groups is 2. The molecule has 1 heterocycles. The molecule has 0 radical (unpaired) electrons. The van der Waals surface area contributed by atoms with Crippen LogP contribution in [-0.4, -0.2) is 36.4 Å². The van der Waals surface area contributed by atoms with Gasteiger partial charge in [-0.25, -0.2) is 0 Å². The van der Waals surface area contributed by atoms with Gasteiger partial charge < -0.3 is 16.4 Å². The lowest BCUT2D eigenvalue weighted by Gasteiger charge is -2.08. The van der Waals surface area contributed by atoms with Crippen molar-refractivity contribution in [2.45, 2.75) is 6.42 Å². The van der Waals surface area contributed by atoms with E-state index in [0.29, 0.717) is 13.0 Å². The first kappa shape index (κ1) is 14.9. The van der Waals surface area contributed by atoms with E-state index in [1.807, 2.05) is 30.3 Å². The molecule has 0 aliphatic carbocycles. The van der Waals surface area contributed by atoms with Crippen LogP contribution in [0.4, 0.5) is 0 Å². The number of nitrogens with one attached hydrogen (secondary N) is 2. The van der Waals surface area contributed by atoms with Crippen LogP contribution in [0.5, 0.6) is 0 Å². The van der Waals surface area contributed by atoms with Gasteiger partial charge in [-0.1, -0.05) is 24.3 Å². The van der Waals surface area contributed by atoms with Crippen LogP contribution in [-0.2, 0) is 16.0 Å². The molecule has 2 rings (SSSR count). The summed E-state index contributed by atoms with van der Waals surface area (Å²) < 4.78 is 0. The van der Waals surface area contributed by atoms with Crippen LogP contribution in [0.1, 0.15) is 5.56 Å². The fourth-order valence-corrected chi connectivity index (χ4v) is 2.02. The van der Waals surface area contributed by atoms with E-state index in [1.165, 1.54) is 0 Å². The monoisotopic (exact) mass is 286 g/mol. The molecular formula is C15H18N4O2. The molecule has 0 saturated heterocycles. The fraction of sp³-hybridized carbons (Fsp3) is 0.267. The van der Waals surface area contributed by atoms with Crippen molar-refractivity contribution in [2.75, 3.05) is 19.6 Å². The summed E-state index contributed by atoms with van der Waals surface area (Å²) in [5.41, 5.74) is 7.17. The molecule has 2 aromatic rings. The van der Waals surface area contributed by atoms with Crippen molar-refractivity contribution in [2.24, 2.45) is 5.73 Å². The zero-order chi connectivity index (χ0) is 15.1. The highest BCUT2D eigenvalue weighted by Crippen LogP contribution is 2.15. The molecular weight excluding hydrogens is 268 g/mol. The lowest BCUT2D eigenvalue weighted by Crippen LogP contribution is -2.40. The molecule has 21 heavy (non-hydrogen) atoms. The van der Waals surface area contributed by atoms with Crippen LogP contribution in [0.15, 0.2) is 36.5 Å². The van der Waals surface area contributed by atoms with Crippen molar-refractivity contribution in [1.29, 1.82) is 0 Å². The van der Waals surface area contributed by atoms with E-state index in [-0.39, 0.29) is 24.9 Å². The Hall–Kier alpha value is -2.47. The molecule has 0 aliphatic heterocycles. The van der Waals surface area contributed by atoms with Gasteiger partial charge in [-0.2, -0.15) is 0 Å². The number of hydrogen-bond acceptors (Lipinski definition) is 4. The Labute approximate surface area is 122 Å². The van der Waals surface area contributed by atoms with Crippen LogP contribution >= 0.6 is 0 Å². The fourth-order valence-electron chi connectivity index (χ4n) is 2.02. The number of hydrogen-bond donors (Lipinski definition) is 3. The predicted octanol–water partition coefficient (Wildman–Crippen LogP) is -0.0316. The Morgan fingerprint density at radius 1 is 1.10 bits per heavy atom. The first-order valence-electron chi connectivity index (χ1n) is 6.77. The lowest BCUT2D eigenvalue weighted by molar-refractivity contribution is -0.125. The molecule has 1 aromatic heterocycles. The topological polar surface area (TPSA) is 97.1 Å². The average Bonchev–Trinajstić information content (AvgIpc) is 2.52. The van der Waals surface area contributed by atoms with E-state index >= 15 is 0 Å². The molecule has 110 valence electrons. The molecule has 6 nitrogen and oxygen atoms in total. The van der Waals surface area contributed by atoms with E-state index in [0.717, 1.165) is 16.5 Å². The van der Waals surface area contributed by atoms with Crippen LogP contribution in [0.25, 0.3) is 10.9 Å². The van der Waals surface area contributed by atoms with Gasteiger partial charge in [0.2, 0.25) is 11.8 Å². The summed E-state index contributed by atoms with van der Waals surface area (Å²) >= 11 is 0. The molecule has 0 saturated carbocycles. The Kier molecular flexibility index (Phi) is 5.22. The summed E-state index contributed by atoms with van der Waals surface area (Å²) in [6, 6.07) is 9.88. The van der Waals surface area contributed by atoms with Crippen molar-refractivity contribution >= 4 is 22.7 Å². The van der Waals surface area contributed by atoms with Gasteiger partial charge in [-0.05, 0) is 18.1 Å². The maximum absolute atomic E-state index is 11.5. The van der Waals surface area contributed by atoms with Gasteiger partial charge in [-0.15, -0.1) is 0 Å². The van der Waals surface area contributed by atoms with E-state index in [9.17, 15) is 9.59 Å². The number of benzene rings is 1. The van der Waals surface area contributed by atoms with Crippen LogP contribution in [0.2, 0.25) is 0 Å². The maximum atomic E-state index is 11.5. The quantitative estimate of drug-likeness (QED) is 0.694. The number of rotatable bonds is 6. The molecule has 1 aromatic carbocycles. The molecule has 0 bridgehead atoms. The third-order valence-electron chi connectivity index (χ3n) is 3.06. The number of aromatic nitrogens is 1. The number of amides is 2. The number of pyridine rings is 1. The number of fused-ring (bicyclic) bond motifs is 1. The second kappa shape index (κ2) is 7.35. The predicted molar refractivity (Wildman–Crippen MR) is 80.5 cm³/mol. The van der Waals surface area contributed by atoms with Gasteiger partial charge in [0, 0.05) is 18.1 Å². The zero-order valence-electron chi connectivity index (χ0n) is 11.6. The highest BCUT2D eigenvalue weighted by atomic mass is 16.2. The normalized spacial score (nSPS) is 10.3. The first-order chi connectivity index (χ1) is 10.2. The van der Waals surface area contributed by atoms with Gasteiger partial charge in [0.1, 0.15) is 0 Å². The van der Waals surface area contributed by atoms with Gasteiger partial charge in [0.25, 0.3) is 0 Å². The second-order valence-electron chi connectivity index (χ2n) is 4.57. The molecule has 0 spiro atoms. The van der Waals surface area contributed by atoms with Crippen molar-refractivity contribution in [3.05, 3.63) is 42.1 Å². The van der Waals surface area contributed by atoms with Crippen molar-refractivity contribution in [3.8, 4) is 0 Å². The number of nitrogens with zero attached hydrogens (tertiary/aromatic N) is 1. The number of carbonyl (C=O) groups excluding carboxylic acids is 2. The van der Waals surface area contributed by atoms with Crippen LogP contribution < -0.4 is 16.4 Å². The smallest absolute Gasteiger partial charge is 0.239 e. The average molecular weight is 286 g/mol. The second-order valence-corrected chi connectivity index (χ2v) is 4.57. The third kappa shape index (κ3) is 4.25. The van der Waals surface area contributed by atoms with Gasteiger partial charge in [0.05, 0.1) is 18.6 Å². The van der Waals surface area contributed by atoms with Crippen molar-refractivity contribution in [1.82, 2.24) is 15.6 Å². The van der Waals surface area contributed by atoms with Crippen LogP contribution in [0, 0.1) is 0 Å². The Morgan fingerprint density at radius 3 is 2.71 bits per heavy atom. The molecule has 4 N–H and O–H groups in total. The SMILES string of the molecule is NCC(=O)NCC(=O)NCCc1cccc2cccnc12. The number of para-hydroxylation sites is 1. The number of nitrogens with two attached hydrogens (primary N) is 1.